The Morgan fingerprint density at radius 2 is 1.87 bits per heavy atom. The molecule has 1 aromatic carbocycles. The third-order valence-electron chi connectivity index (χ3n) is 5.85. The number of carbonyl (C=O) groups is 1. The molecule has 0 aliphatic heterocycles. The molecule has 2 nitrogen and oxygen atoms in total. The summed E-state index contributed by atoms with van der Waals surface area (Å²) in [5.41, 5.74) is 3.99. The Balaban J connectivity index is 2.16. The SMILES string of the molecule is C=C(C)[C@H]1C=C(c2cc(C)cc(C)c2)C[C@]2(C)C(=O)CC[C@]12O. The van der Waals surface area contributed by atoms with Gasteiger partial charge in [0.25, 0.3) is 0 Å². The summed E-state index contributed by atoms with van der Waals surface area (Å²) in [6.45, 7) is 12.2. The van der Waals surface area contributed by atoms with Gasteiger partial charge in [0.05, 0.1) is 11.0 Å². The van der Waals surface area contributed by atoms with E-state index in [0.29, 0.717) is 19.3 Å². The summed E-state index contributed by atoms with van der Waals surface area (Å²) in [5, 5.41) is 11.3. The second-order valence-corrected chi connectivity index (χ2v) is 7.75. The highest BCUT2D eigenvalue weighted by Gasteiger charge is 2.61. The van der Waals surface area contributed by atoms with Gasteiger partial charge in [-0.2, -0.15) is 0 Å². The molecule has 0 radical (unpaired) electrons. The van der Waals surface area contributed by atoms with E-state index in [9.17, 15) is 9.90 Å². The Labute approximate surface area is 138 Å². The molecule has 3 rings (SSSR count). The van der Waals surface area contributed by atoms with Crippen LogP contribution in [0.15, 0.2) is 36.4 Å². The molecular weight excluding hydrogens is 284 g/mol. The predicted molar refractivity (Wildman–Crippen MR) is 94.1 cm³/mol. The van der Waals surface area contributed by atoms with Crippen molar-refractivity contribution in [1.29, 1.82) is 0 Å². The van der Waals surface area contributed by atoms with Crippen molar-refractivity contribution in [3.63, 3.8) is 0 Å². The van der Waals surface area contributed by atoms with Crippen molar-refractivity contribution in [1.82, 2.24) is 0 Å². The fourth-order valence-corrected chi connectivity index (χ4v) is 4.53. The largest absolute Gasteiger partial charge is 0.388 e. The first-order valence-corrected chi connectivity index (χ1v) is 8.38. The molecular formula is C21H26O2. The van der Waals surface area contributed by atoms with Crippen LogP contribution in [0.25, 0.3) is 5.57 Å². The topological polar surface area (TPSA) is 37.3 Å². The van der Waals surface area contributed by atoms with Crippen molar-refractivity contribution in [3.05, 3.63) is 53.1 Å². The maximum absolute atomic E-state index is 12.6. The number of allylic oxidation sites excluding steroid dienone is 1. The summed E-state index contributed by atoms with van der Waals surface area (Å²) in [7, 11) is 0. The molecule has 122 valence electrons. The number of carbonyl (C=O) groups excluding carboxylic acids is 1. The van der Waals surface area contributed by atoms with Crippen LogP contribution < -0.4 is 0 Å². The number of Topliss-reactive ketones (excluding diaryl/α,β-unsaturated/α-hetero) is 1. The molecule has 0 unspecified atom stereocenters. The van der Waals surface area contributed by atoms with E-state index in [1.165, 1.54) is 11.1 Å². The van der Waals surface area contributed by atoms with E-state index < -0.39 is 11.0 Å². The van der Waals surface area contributed by atoms with Crippen LogP contribution in [-0.2, 0) is 4.79 Å². The molecule has 0 spiro atoms. The number of ketones is 1. The third-order valence-corrected chi connectivity index (χ3v) is 5.85. The zero-order valence-corrected chi connectivity index (χ0v) is 14.6. The van der Waals surface area contributed by atoms with Gasteiger partial charge in [0.2, 0.25) is 0 Å². The van der Waals surface area contributed by atoms with Crippen LogP contribution in [-0.4, -0.2) is 16.5 Å². The van der Waals surface area contributed by atoms with E-state index in [0.717, 1.165) is 16.7 Å². The average molecular weight is 310 g/mol. The number of hydrogen-bond donors (Lipinski definition) is 1. The van der Waals surface area contributed by atoms with Gasteiger partial charge in [-0.05, 0) is 51.7 Å². The van der Waals surface area contributed by atoms with E-state index in [4.69, 9.17) is 0 Å². The molecule has 0 saturated heterocycles. The fraction of sp³-hybridized carbons (Fsp3) is 0.476. The summed E-state index contributed by atoms with van der Waals surface area (Å²) in [6, 6.07) is 6.49. The first-order valence-electron chi connectivity index (χ1n) is 8.38. The minimum absolute atomic E-state index is 0.163. The van der Waals surface area contributed by atoms with Gasteiger partial charge < -0.3 is 5.11 Å². The van der Waals surface area contributed by atoms with E-state index in [2.05, 4.69) is 44.7 Å². The van der Waals surface area contributed by atoms with Crippen LogP contribution in [0.4, 0.5) is 0 Å². The quantitative estimate of drug-likeness (QED) is 0.823. The third kappa shape index (κ3) is 2.31. The predicted octanol–water partition coefficient (Wildman–Crippen LogP) is 4.38. The van der Waals surface area contributed by atoms with Crippen molar-refractivity contribution in [2.45, 2.75) is 52.6 Å². The number of aliphatic hydroxyl groups is 1. The van der Waals surface area contributed by atoms with Crippen LogP contribution in [0, 0.1) is 25.2 Å². The van der Waals surface area contributed by atoms with Crippen LogP contribution in [0.2, 0.25) is 0 Å². The molecule has 1 fully saturated rings. The highest BCUT2D eigenvalue weighted by atomic mass is 16.3. The molecule has 0 aromatic heterocycles. The highest BCUT2D eigenvalue weighted by molar-refractivity contribution is 5.92. The summed E-state index contributed by atoms with van der Waals surface area (Å²) < 4.78 is 0. The van der Waals surface area contributed by atoms with Crippen LogP contribution in [0.1, 0.15) is 49.8 Å². The first-order chi connectivity index (χ1) is 10.7. The molecule has 0 heterocycles. The Kier molecular flexibility index (Phi) is 3.64. The summed E-state index contributed by atoms with van der Waals surface area (Å²) >= 11 is 0. The lowest BCUT2D eigenvalue weighted by molar-refractivity contribution is -0.138. The minimum Gasteiger partial charge on any atom is -0.388 e. The Morgan fingerprint density at radius 3 is 2.43 bits per heavy atom. The van der Waals surface area contributed by atoms with E-state index in [1.807, 2.05) is 13.8 Å². The number of fused-ring (bicyclic) bond motifs is 1. The molecule has 23 heavy (non-hydrogen) atoms. The molecule has 1 saturated carbocycles. The number of aryl methyl sites for hydroxylation is 2. The lowest BCUT2D eigenvalue weighted by atomic mass is 9.59. The molecule has 0 bridgehead atoms. The smallest absolute Gasteiger partial charge is 0.142 e. The zero-order valence-electron chi connectivity index (χ0n) is 14.6. The van der Waals surface area contributed by atoms with Crippen molar-refractivity contribution in [2.75, 3.05) is 0 Å². The van der Waals surface area contributed by atoms with Crippen molar-refractivity contribution >= 4 is 11.4 Å². The number of rotatable bonds is 2. The lowest BCUT2D eigenvalue weighted by Crippen LogP contribution is -2.52. The van der Waals surface area contributed by atoms with Crippen LogP contribution in [0.3, 0.4) is 0 Å². The van der Waals surface area contributed by atoms with Crippen molar-refractivity contribution < 1.29 is 9.90 Å². The Morgan fingerprint density at radius 1 is 1.26 bits per heavy atom. The van der Waals surface area contributed by atoms with Gasteiger partial charge in [0, 0.05) is 12.3 Å². The van der Waals surface area contributed by atoms with Gasteiger partial charge in [-0.25, -0.2) is 0 Å². The highest BCUT2D eigenvalue weighted by Crippen LogP contribution is 2.57. The minimum atomic E-state index is -0.988. The average Bonchev–Trinajstić information content (AvgIpc) is 2.68. The van der Waals surface area contributed by atoms with Gasteiger partial charge in [0.15, 0.2) is 0 Å². The normalized spacial score (nSPS) is 33.3. The molecule has 2 aliphatic rings. The Hall–Kier alpha value is -1.67. The standard InChI is InChI=1S/C21H26O2/c1-13(2)18-11-17(16-9-14(3)8-15(4)10-16)12-20(5)19(22)6-7-21(18,20)23/h8-11,18,23H,1,6-7,12H2,2-5H3/t18-,20-,21+/m1/s1. The van der Waals surface area contributed by atoms with Gasteiger partial charge in [-0.15, -0.1) is 0 Å². The van der Waals surface area contributed by atoms with Gasteiger partial charge in [-0.1, -0.05) is 47.6 Å². The monoisotopic (exact) mass is 310 g/mol. The van der Waals surface area contributed by atoms with Gasteiger partial charge in [0.1, 0.15) is 5.78 Å². The van der Waals surface area contributed by atoms with Crippen LogP contribution in [0.5, 0.6) is 0 Å². The van der Waals surface area contributed by atoms with Gasteiger partial charge in [-0.3, -0.25) is 4.79 Å². The summed E-state index contributed by atoms with van der Waals surface area (Å²) in [6.07, 6.45) is 3.76. The second kappa shape index (κ2) is 5.17. The number of hydrogen-bond acceptors (Lipinski definition) is 2. The molecule has 2 heteroatoms. The van der Waals surface area contributed by atoms with E-state index in [1.54, 1.807) is 0 Å². The first kappa shape index (κ1) is 16.2. The fourth-order valence-electron chi connectivity index (χ4n) is 4.53. The molecule has 1 N–H and O–H groups in total. The van der Waals surface area contributed by atoms with Gasteiger partial charge >= 0.3 is 0 Å². The molecule has 2 aliphatic carbocycles. The number of benzene rings is 1. The molecule has 0 amide bonds. The van der Waals surface area contributed by atoms with Crippen molar-refractivity contribution in [3.8, 4) is 0 Å². The lowest BCUT2D eigenvalue weighted by Gasteiger charge is -2.47. The molecule has 3 atom stereocenters. The van der Waals surface area contributed by atoms with E-state index in [-0.39, 0.29) is 11.7 Å². The summed E-state index contributed by atoms with van der Waals surface area (Å²) in [4.78, 5) is 12.6. The summed E-state index contributed by atoms with van der Waals surface area (Å²) in [5.74, 6) is 0.0183. The van der Waals surface area contributed by atoms with Crippen LogP contribution >= 0.6 is 0 Å². The zero-order chi connectivity index (χ0) is 17.0. The Bertz CT molecular complexity index is 707. The van der Waals surface area contributed by atoms with E-state index >= 15 is 0 Å². The maximum atomic E-state index is 12.6. The maximum Gasteiger partial charge on any atom is 0.142 e. The second-order valence-electron chi connectivity index (χ2n) is 7.75. The van der Waals surface area contributed by atoms with Crippen molar-refractivity contribution in [2.24, 2.45) is 11.3 Å². The molecule has 1 aromatic rings.